The minimum absolute atomic E-state index is 0.579. The number of piperazine rings is 1. The summed E-state index contributed by atoms with van der Waals surface area (Å²) in [6, 6.07) is 9.91. The molecule has 0 radical (unpaired) electrons. The standard InChI is InChI=1S/C15H17N7/c1-2-4-12(5-3-1)19-15-17-10-13-14(20-15)22(11-18-13)21-8-6-16-7-9-21/h1-5,10-11,16H,6-9H2,(H,17,19,20). The second-order valence-electron chi connectivity index (χ2n) is 5.19. The lowest BCUT2D eigenvalue weighted by atomic mass is 10.3. The molecule has 1 fully saturated rings. The van der Waals surface area contributed by atoms with Crippen molar-refractivity contribution >= 4 is 22.8 Å². The summed E-state index contributed by atoms with van der Waals surface area (Å²) in [6.07, 6.45) is 3.57. The van der Waals surface area contributed by atoms with Crippen LogP contribution in [0.3, 0.4) is 0 Å². The van der Waals surface area contributed by atoms with Crippen molar-refractivity contribution in [1.29, 1.82) is 0 Å². The number of aromatic nitrogens is 4. The zero-order chi connectivity index (χ0) is 14.8. The van der Waals surface area contributed by atoms with Gasteiger partial charge in [-0.15, -0.1) is 0 Å². The Balaban J connectivity index is 1.67. The molecule has 1 aliphatic heterocycles. The van der Waals surface area contributed by atoms with Crippen LogP contribution >= 0.6 is 0 Å². The highest BCUT2D eigenvalue weighted by Gasteiger charge is 2.14. The third kappa shape index (κ3) is 2.46. The lowest BCUT2D eigenvalue weighted by Crippen LogP contribution is -2.49. The van der Waals surface area contributed by atoms with Crippen molar-refractivity contribution in [3.05, 3.63) is 42.9 Å². The number of nitrogens with zero attached hydrogens (tertiary/aromatic N) is 5. The first-order valence-corrected chi connectivity index (χ1v) is 7.38. The Morgan fingerprint density at radius 2 is 1.86 bits per heavy atom. The Labute approximate surface area is 128 Å². The molecule has 2 aromatic heterocycles. The fourth-order valence-electron chi connectivity index (χ4n) is 2.58. The maximum atomic E-state index is 4.62. The van der Waals surface area contributed by atoms with Gasteiger partial charge in [0, 0.05) is 31.9 Å². The fraction of sp³-hybridized carbons (Fsp3) is 0.267. The molecule has 3 heterocycles. The van der Waals surface area contributed by atoms with Gasteiger partial charge in [0.25, 0.3) is 0 Å². The van der Waals surface area contributed by atoms with E-state index in [0.29, 0.717) is 5.95 Å². The molecule has 2 N–H and O–H groups in total. The summed E-state index contributed by atoms with van der Waals surface area (Å²) >= 11 is 0. The van der Waals surface area contributed by atoms with E-state index in [0.717, 1.165) is 43.0 Å². The van der Waals surface area contributed by atoms with Crippen LogP contribution in [0.4, 0.5) is 11.6 Å². The molecule has 7 nitrogen and oxygen atoms in total. The smallest absolute Gasteiger partial charge is 0.229 e. The van der Waals surface area contributed by atoms with Crippen molar-refractivity contribution in [1.82, 2.24) is 24.9 Å². The van der Waals surface area contributed by atoms with E-state index in [4.69, 9.17) is 0 Å². The van der Waals surface area contributed by atoms with Gasteiger partial charge in [0.05, 0.1) is 6.20 Å². The second-order valence-corrected chi connectivity index (χ2v) is 5.19. The van der Waals surface area contributed by atoms with Crippen molar-refractivity contribution < 1.29 is 0 Å². The van der Waals surface area contributed by atoms with E-state index in [1.807, 2.05) is 41.3 Å². The van der Waals surface area contributed by atoms with E-state index in [9.17, 15) is 0 Å². The fourth-order valence-corrected chi connectivity index (χ4v) is 2.58. The molecule has 1 aromatic carbocycles. The van der Waals surface area contributed by atoms with Crippen LogP contribution in [-0.2, 0) is 0 Å². The van der Waals surface area contributed by atoms with E-state index >= 15 is 0 Å². The van der Waals surface area contributed by atoms with Crippen molar-refractivity contribution in [2.45, 2.75) is 0 Å². The average Bonchev–Trinajstić information content (AvgIpc) is 3.00. The van der Waals surface area contributed by atoms with Gasteiger partial charge in [0.15, 0.2) is 5.65 Å². The lowest BCUT2D eigenvalue weighted by molar-refractivity contribution is 0.496. The minimum atomic E-state index is 0.579. The highest BCUT2D eigenvalue weighted by molar-refractivity contribution is 5.72. The average molecular weight is 295 g/mol. The molecule has 0 unspecified atom stereocenters. The molecular weight excluding hydrogens is 278 g/mol. The maximum Gasteiger partial charge on any atom is 0.229 e. The number of hydrogen-bond donors (Lipinski definition) is 2. The molecule has 0 bridgehead atoms. The van der Waals surface area contributed by atoms with E-state index < -0.39 is 0 Å². The molecule has 1 aliphatic rings. The molecule has 4 rings (SSSR count). The number of para-hydroxylation sites is 1. The van der Waals surface area contributed by atoms with Gasteiger partial charge < -0.3 is 15.6 Å². The van der Waals surface area contributed by atoms with Crippen LogP contribution in [0.15, 0.2) is 42.9 Å². The normalized spacial score (nSPS) is 15.2. The van der Waals surface area contributed by atoms with Gasteiger partial charge in [-0.05, 0) is 12.1 Å². The highest BCUT2D eigenvalue weighted by atomic mass is 15.6. The Kier molecular flexibility index (Phi) is 3.32. The molecule has 0 amide bonds. The number of anilines is 2. The summed E-state index contributed by atoms with van der Waals surface area (Å²) in [5, 5.41) is 8.81. The first-order chi connectivity index (χ1) is 10.9. The monoisotopic (exact) mass is 295 g/mol. The molecule has 0 spiro atoms. The molecule has 22 heavy (non-hydrogen) atoms. The SMILES string of the molecule is c1ccc(Nc2ncc3ncn(N4CCNCC4)c3n2)cc1. The molecule has 0 aliphatic carbocycles. The van der Waals surface area contributed by atoms with Crippen LogP contribution < -0.4 is 15.6 Å². The highest BCUT2D eigenvalue weighted by Crippen LogP contribution is 2.16. The lowest BCUT2D eigenvalue weighted by Gasteiger charge is -2.29. The molecular formula is C15H17N7. The summed E-state index contributed by atoms with van der Waals surface area (Å²) in [7, 11) is 0. The topological polar surface area (TPSA) is 70.9 Å². The molecule has 0 atom stereocenters. The van der Waals surface area contributed by atoms with Gasteiger partial charge in [-0.3, -0.25) is 0 Å². The van der Waals surface area contributed by atoms with E-state index in [1.54, 1.807) is 6.20 Å². The predicted octanol–water partition coefficient (Wildman–Crippen LogP) is 1.11. The summed E-state index contributed by atoms with van der Waals surface area (Å²) in [5.41, 5.74) is 2.60. The molecule has 0 saturated carbocycles. The van der Waals surface area contributed by atoms with Gasteiger partial charge in [0.2, 0.25) is 5.95 Å². The van der Waals surface area contributed by atoms with E-state index in [2.05, 4.69) is 30.6 Å². The Hall–Kier alpha value is -2.67. The zero-order valence-corrected chi connectivity index (χ0v) is 12.1. The first kappa shape index (κ1) is 13.0. The number of hydrogen-bond acceptors (Lipinski definition) is 6. The van der Waals surface area contributed by atoms with Gasteiger partial charge in [0.1, 0.15) is 11.8 Å². The summed E-state index contributed by atoms with van der Waals surface area (Å²) in [5.74, 6) is 0.579. The summed E-state index contributed by atoms with van der Waals surface area (Å²) in [6.45, 7) is 3.83. The quantitative estimate of drug-likeness (QED) is 0.754. The Morgan fingerprint density at radius 1 is 1.05 bits per heavy atom. The van der Waals surface area contributed by atoms with Crippen LogP contribution in [-0.4, -0.2) is 45.8 Å². The van der Waals surface area contributed by atoms with Gasteiger partial charge >= 0.3 is 0 Å². The van der Waals surface area contributed by atoms with Gasteiger partial charge in [-0.25, -0.2) is 14.6 Å². The molecule has 1 saturated heterocycles. The second kappa shape index (κ2) is 5.61. The van der Waals surface area contributed by atoms with E-state index in [1.165, 1.54) is 0 Å². The maximum absolute atomic E-state index is 4.62. The van der Waals surface area contributed by atoms with E-state index in [-0.39, 0.29) is 0 Å². The van der Waals surface area contributed by atoms with Crippen LogP contribution in [0.5, 0.6) is 0 Å². The summed E-state index contributed by atoms with van der Waals surface area (Å²) < 4.78 is 2.02. The third-order valence-electron chi connectivity index (χ3n) is 3.70. The first-order valence-electron chi connectivity index (χ1n) is 7.38. The van der Waals surface area contributed by atoms with Crippen LogP contribution in [0.25, 0.3) is 11.2 Å². The molecule has 112 valence electrons. The number of nitrogens with one attached hydrogen (secondary N) is 2. The van der Waals surface area contributed by atoms with Crippen LogP contribution in [0.2, 0.25) is 0 Å². The van der Waals surface area contributed by atoms with Crippen LogP contribution in [0.1, 0.15) is 0 Å². The van der Waals surface area contributed by atoms with Crippen molar-refractivity contribution in [3.8, 4) is 0 Å². The number of rotatable bonds is 3. The molecule has 3 aromatic rings. The largest absolute Gasteiger partial charge is 0.324 e. The number of fused-ring (bicyclic) bond motifs is 1. The minimum Gasteiger partial charge on any atom is -0.324 e. The Morgan fingerprint density at radius 3 is 2.68 bits per heavy atom. The van der Waals surface area contributed by atoms with Crippen LogP contribution in [0, 0.1) is 0 Å². The van der Waals surface area contributed by atoms with Crippen molar-refractivity contribution in [2.75, 3.05) is 36.5 Å². The Bertz CT molecular complexity index is 762. The number of benzene rings is 1. The zero-order valence-electron chi connectivity index (χ0n) is 12.1. The van der Waals surface area contributed by atoms with Gasteiger partial charge in [-0.2, -0.15) is 4.98 Å². The van der Waals surface area contributed by atoms with Crippen molar-refractivity contribution in [3.63, 3.8) is 0 Å². The van der Waals surface area contributed by atoms with Crippen molar-refractivity contribution in [2.24, 2.45) is 0 Å². The number of imidazole rings is 1. The van der Waals surface area contributed by atoms with Gasteiger partial charge in [-0.1, -0.05) is 18.2 Å². The summed E-state index contributed by atoms with van der Waals surface area (Å²) in [4.78, 5) is 13.3. The molecule has 7 heteroatoms. The predicted molar refractivity (Wildman–Crippen MR) is 85.9 cm³/mol. The third-order valence-corrected chi connectivity index (χ3v) is 3.70.